The second-order valence-corrected chi connectivity index (χ2v) is 7.81. The maximum atomic E-state index is 12.7. The lowest BCUT2D eigenvalue weighted by molar-refractivity contribution is -0.134. The number of hydrogen-bond donors (Lipinski definition) is 1. The lowest BCUT2D eigenvalue weighted by atomic mass is 10.0. The predicted molar refractivity (Wildman–Crippen MR) is 105 cm³/mol. The first-order valence-electron chi connectivity index (χ1n) is 8.98. The van der Waals surface area contributed by atoms with Crippen LogP contribution in [0.5, 0.6) is 0 Å². The first-order valence-corrected chi connectivity index (χ1v) is 10.3. The Morgan fingerprint density at radius 2 is 2.19 bits per heavy atom. The number of benzene rings is 1. The van der Waals surface area contributed by atoms with Crippen molar-refractivity contribution in [3.05, 3.63) is 41.9 Å². The van der Waals surface area contributed by atoms with Gasteiger partial charge in [0.2, 0.25) is 5.91 Å². The van der Waals surface area contributed by atoms with Crippen molar-refractivity contribution < 1.29 is 4.79 Å². The quantitative estimate of drug-likeness (QED) is 0.867. The SMILES string of the molecule is CSC(C)C(=O)N1CCCCC1c1ncc(-c2ccc(CC#N)cc2)[nH]1. The Kier molecular flexibility index (Phi) is 6.00. The number of amides is 1. The maximum absolute atomic E-state index is 12.7. The molecule has 1 aromatic heterocycles. The van der Waals surface area contributed by atoms with E-state index < -0.39 is 0 Å². The van der Waals surface area contributed by atoms with Gasteiger partial charge in [0.25, 0.3) is 0 Å². The summed E-state index contributed by atoms with van der Waals surface area (Å²) < 4.78 is 0. The molecule has 26 heavy (non-hydrogen) atoms. The zero-order valence-corrected chi connectivity index (χ0v) is 16.1. The molecule has 1 N–H and O–H groups in total. The molecule has 1 aliphatic rings. The molecule has 0 bridgehead atoms. The van der Waals surface area contributed by atoms with Crippen molar-refractivity contribution in [3.8, 4) is 17.3 Å². The molecule has 1 fully saturated rings. The number of hydrogen-bond acceptors (Lipinski definition) is 4. The minimum atomic E-state index is -0.0299. The highest BCUT2D eigenvalue weighted by molar-refractivity contribution is 7.99. The number of H-pyrrole nitrogens is 1. The summed E-state index contributed by atoms with van der Waals surface area (Å²) >= 11 is 1.59. The Bertz CT molecular complexity index is 793. The molecule has 0 spiro atoms. The summed E-state index contributed by atoms with van der Waals surface area (Å²) in [5.74, 6) is 1.06. The summed E-state index contributed by atoms with van der Waals surface area (Å²) in [7, 11) is 0. The van der Waals surface area contributed by atoms with Gasteiger partial charge in [-0.25, -0.2) is 4.98 Å². The van der Waals surface area contributed by atoms with Gasteiger partial charge >= 0.3 is 0 Å². The number of carbonyl (C=O) groups excluding carboxylic acids is 1. The average Bonchev–Trinajstić information content (AvgIpc) is 3.17. The van der Waals surface area contributed by atoms with E-state index in [0.29, 0.717) is 6.42 Å². The number of nitrogens with one attached hydrogen (secondary N) is 1. The van der Waals surface area contributed by atoms with E-state index in [1.165, 1.54) is 0 Å². The van der Waals surface area contributed by atoms with E-state index in [-0.39, 0.29) is 17.2 Å². The number of aromatic amines is 1. The zero-order valence-electron chi connectivity index (χ0n) is 15.2. The number of imidazole rings is 1. The van der Waals surface area contributed by atoms with Crippen LogP contribution in [0.4, 0.5) is 0 Å². The molecule has 3 rings (SSSR count). The number of thioether (sulfide) groups is 1. The molecule has 2 unspecified atom stereocenters. The summed E-state index contributed by atoms with van der Waals surface area (Å²) in [5, 5.41) is 8.75. The van der Waals surface area contributed by atoms with Gasteiger partial charge in [0.05, 0.1) is 35.7 Å². The van der Waals surface area contributed by atoms with Crippen LogP contribution in [0.15, 0.2) is 30.5 Å². The van der Waals surface area contributed by atoms with E-state index >= 15 is 0 Å². The van der Waals surface area contributed by atoms with E-state index in [4.69, 9.17) is 5.26 Å². The fourth-order valence-electron chi connectivity index (χ4n) is 3.36. The third-order valence-corrected chi connectivity index (χ3v) is 5.86. The van der Waals surface area contributed by atoms with Crippen LogP contribution in [0.3, 0.4) is 0 Å². The van der Waals surface area contributed by atoms with Gasteiger partial charge in [-0.15, -0.1) is 0 Å². The van der Waals surface area contributed by atoms with E-state index in [9.17, 15) is 4.79 Å². The topological polar surface area (TPSA) is 72.8 Å². The smallest absolute Gasteiger partial charge is 0.236 e. The van der Waals surface area contributed by atoms with Crippen molar-refractivity contribution in [2.24, 2.45) is 0 Å². The fraction of sp³-hybridized carbons (Fsp3) is 0.450. The Morgan fingerprint density at radius 3 is 2.88 bits per heavy atom. The minimum Gasteiger partial charge on any atom is -0.340 e. The van der Waals surface area contributed by atoms with E-state index in [2.05, 4.69) is 16.0 Å². The highest BCUT2D eigenvalue weighted by Gasteiger charge is 2.32. The monoisotopic (exact) mass is 368 g/mol. The number of piperidine rings is 1. The highest BCUT2D eigenvalue weighted by atomic mass is 32.2. The van der Waals surface area contributed by atoms with Gasteiger partial charge in [-0.2, -0.15) is 17.0 Å². The van der Waals surface area contributed by atoms with Gasteiger partial charge in [-0.1, -0.05) is 24.3 Å². The van der Waals surface area contributed by atoms with Crippen molar-refractivity contribution in [2.75, 3.05) is 12.8 Å². The lowest BCUT2D eigenvalue weighted by Gasteiger charge is -2.36. The number of aromatic nitrogens is 2. The molecule has 6 heteroatoms. The lowest BCUT2D eigenvalue weighted by Crippen LogP contribution is -2.42. The average molecular weight is 369 g/mol. The molecule has 1 saturated heterocycles. The second-order valence-electron chi connectivity index (χ2n) is 6.64. The van der Waals surface area contributed by atoms with Crippen LogP contribution < -0.4 is 0 Å². The first kappa shape index (κ1) is 18.5. The summed E-state index contributed by atoms with van der Waals surface area (Å²) in [4.78, 5) is 22.7. The van der Waals surface area contributed by atoms with Gasteiger partial charge in [0.1, 0.15) is 5.82 Å². The van der Waals surface area contributed by atoms with Gasteiger partial charge < -0.3 is 9.88 Å². The number of nitriles is 1. The molecule has 5 nitrogen and oxygen atoms in total. The second kappa shape index (κ2) is 8.41. The normalized spacial score (nSPS) is 18.3. The Labute approximate surface area is 158 Å². The summed E-state index contributed by atoms with van der Waals surface area (Å²) in [6.07, 6.45) is 7.34. The standard InChI is InChI=1S/C20H24N4OS/c1-14(26-2)20(25)24-12-4-3-5-18(24)19-22-13-17(23-19)16-8-6-15(7-9-16)10-11-21/h6-9,13-14,18H,3-5,10,12H2,1-2H3,(H,22,23). The summed E-state index contributed by atoms with van der Waals surface area (Å²) in [6, 6.07) is 10.1. The molecule has 2 aromatic rings. The first-order chi connectivity index (χ1) is 12.6. The van der Waals surface area contributed by atoms with E-state index in [1.807, 2.05) is 48.5 Å². The molecule has 1 aliphatic heterocycles. The van der Waals surface area contributed by atoms with Crippen LogP contribution in [0.25, 0.3) is 11.3 Å². The maximum Gasteiger partial charge on any atom is 0.236 e. The summed E-state index contributed by atoms with van der Waals surface area (Å²) in [5.41, 5.74) is 2.99. The van der Waals surface area contributed by atoms with Gasteiger partial charge in [-0.3, -0.25) is 4.79 Å². The minimum absolute atomic E-state index is 0.0254. The largest absolute Gasteiger partial charge is 0.340 e. The van der Waals surface area contributed by atoms with Crippen LogP contribution in [-0.2, 0) is 11.2 Å². The van der Waals surface area contributed by atoms with Gasteiger partial charge in [-0.05, 0) is 43.6 Å². The molecule has 2 heterocycles. The molecule has 136 valence electrons. The molecule has 2 atom stereocenters. The molecule has 1 aromatic carbocycles. The summed E-state index contributed by atoms with van der Waals surface area (Å²) in [6.45, 7) is 2.77. The Balaban J connectivity index is 1.81. The van der Waals surface area contributed by atoms with Gasteiger partial charge in [0, 0.05) is 6.54 Å². The van der Waals surface area contributed by atoms with Crippen LogP contribution in [0.1, 0.15) is 43.6 Å². The third kappa shape index (κ3) is 3.94. The zero-order chi connectivity index (χ0) is 18.5. The van der Waals surface area contributed by atoms with Crippen LogP contribution in [-0.4, -0.2) is 38.8 Å². The molecule has 0 aliphatic carbocycles. The highest BCUT2D eigenvalue weighted by Crippen LogP contribution is 2.32. The third-order valence-electron chi connectivity index (χ3n) is 4.95. The van der Waals surface area contributed by atoms with Crippen LogP contribution in [0, 0.1) is 11.3 Å². The van der Waals surface area contributed by atoms with Crippen LogP contribution >= 0.6 is 11.8 Å². The number of carbonyl (C=O) groups is 1. The van der Waals surface area contributed by atoms with Crippen molar-refractivity contribution in [2.45, 2.75) is 43.9 Å². The fourth-order valence-corrected chi connectivity index (χ4v) is 3.70. The van der Waals surface area contributed by atoms with E-state index in [1.54, 1.807) is 11.8 Å². The van der Waals surface area contributed by atoms with Crippen molar-refractivity contribution >= 4 is 17.7 Å². The van der Waals surface area contributed by atoms with Crippen LogP contribution in [0.2, 0.25) is 0 Å². The Hall–Kier alpha value is -2.26. The van der Waals surface area contributed by atoms with Crippen molar-refractivity contribution in [1.29, 1.82) is 5.26 Å². The molecule has 0 radical (unpaired) electrons. The molecule has 0 saturated carbocycles. The van der Waals surface area contributed by atoms with Crippen molar-refractivity contribution in [1.82, 2.24) is 14.9 Å². The molecular formula is C20H24N4OS. The molecule has 1 amide bonds. The van der Waals surface area contributed by atoms with E-state index in [0.717, 1.165) is 48.5 Å². The predicted octanol–water partition coefficient (Wildman–Crippen LogP) is 3.95. The number of likely N-dealkylation sites (tertiary alicyclic amines) is 1. The van der Waals surface area contributed by atoms with Gasteiger partial charge in [0.15, 0.2) is 0 Å². The van der Waals surface area contributed by atoms with Crippen molar-refractivity contribution in [3.63, 3.8) is 0 Å². The number of nitrogens with zero attached hydrogens (tertiary/aromatic N) is 3. The molecular weight excluding hydrogens is 344 g/mol. The Morgan fingerprint density at radius 1 is 1.42 bits per heavy atom. The number of rotatable bonds is 5.